The van der Waals surface area contributed by atoms with Crippen LogP contribution in [0.5, 0.6) is 11.5 Å². The van der Waals surface area contributed by atoms with Crippen molar-refractivity contribution in [2.45, 2.75) is 0 Å². The monoisotopic (exact) mass is 235 g/mol. The molecule has 3 N–H and O–H groups in total. The molecule has 1 saturated heterocycles. The first-order valence-corrected chi connectivity index (χ1v) is 6.00. The molecule has 17 heavy (non-hydrogen) atoms. The molecule has 2 aliphatic rings. The number of nitrogen functional groups attached to an aromatic ring is 1. The number of nitrogens with two attached hydrogens (primary N) is 1. The highest BCUT2D eigenvalue weighted by atomic mass is 16.6. The SMILES string of the molecule is Nc1ccc(N2CCNCC2)c2c1OCCO2. The first-order chi connectivity index (χ1) is 8.36. The Morgan fingerprint density at radius 1 is 1.06 bits per heavy atom. The van der Waals surface area contributed by atoms with Crippen molar-refractivity contribution in [3.63, 3.8) is 0 Å². The summed E-state index contributed by atoms with van der Waals surface area (Å²) in [5.74, 6) is 1.51. The average molecular weight is 235 g/mol. The Morgan fingerprint density at radius 2 is 1.76 bits per heavy atom. The minimum atomic E-state index is 0.572. The summed E-state index contributed by atoms with van der Waals surface area (Å²) in [4.78, 5) is 2.31. The van der Waals surface area contributed by atoms with E-state index in [-0.39, 0.29) is 0 Å². The molecule has 0 amide bonds. The van der Waals surface area contributed by atoms with Gasteiger partial charge in [-0.15, -0.1) is 0 Å². The van der Waals surface area contributed by atoms with E-state index >= 15 is 0 Å². The van der Waals surface area contributed by atoms with Crippen LogP contribution in [0.1, 0.15) is 0 Å². The number of benzene rings is 1. The largest absolute Gasteiger partial charge is 0.484 e. The lowest BCUT2D eigenvalue weighted by Gasteiger charge is -2.32. The van der Waals surface area contributed by atoms with Crippen molar-refractivity contribution < 1.29 is 9.47 Å². The van der Waals surface area contributed by atoms with E-state index in [1.807, 2.05) is 12.1 Å². The van der Waals surface area contributed by atoms with Crippen LogP contribution in [0.2, 0.25) is 0 Å². The first kappa shape index (κ1) is 10.5. The molecule has 5 heteroatoms. The maximum atomic E-state index is 5.90. The van der Waals surface area contributed by atoms with E-state index in [9.17, 15) is 0 Å². The highest BCUT2D eigenvalue weighted by Crippen LogP contribution is 2.43. The van der Waals surface area contributed by atoms with Crippen LogP contribution in [0, 0.1) is 0 Å². The fourth-order valence-corrected chi connectivity index (χ4v) is 2.30. The second-order valence-electron chi connectivity index (χ2n) is 4.27. The van der Waals surface area contributed by atoms with Gasteiger partial charge in [-0.1, -0.05) is 0 Å². The van der Waals surface area contributed by atoms with Gasteiger partial charge in [0, 0.05) is 26.2 Å². The molecule has 0 radical (unpaired) electrons. The predicted molar refractivity (Wildman–Crippen MR) is 66.9 cm³/mol. The summed E-state index contributed by atoms with van der Waals surface area (Å²) >= 11 is 0. The van der Waals surface area contributed by atoms with Gasteiger partial charge in [0.05, 0.1) is 11.4 Å². The van der Waals surface area contributed by atoms with Crippen molar-refractivity contribution in [3.8, 4) is 11.5 Å². The normalized spacial score (nSPS) is 19.2. The number of fused-ring (bicyclic) bond motifs is 1. The molecule has 0 saturated carbocycles. The number of hydrogen-bond acceptors (Lipinski definition) is 5. The maximum Gasteiger partial charge on any atom is 0.186 e. The van der Waals surface area contributed by atoms with Crippen molar-refractivity contribution in [1.82, 2.24) is 5.32 Å². The van der Waals surface area contributed by atoms with Gasteiger partial charge in [0.15, 0.2) is 11.5 Å². The molecule has 1 aromatic carbocycles. The third-order valence-electron chi connectivity index (χ3n) is 3.16. The van der Waals surface area contributed by atoms with Crippen LogP contribution in [0.4, 0.5) is 11.4 Å². The Labute approximate surface area is 100 Å². The van der Waals surface area contributed by atoms with Gasteiger partial charge in [-0.25, -0.2) is 0 Å². The van der Waals surface area contributed by atoms with E-state index in [1.54, 1.807) is 0 Å². The van der Waals surface area contributed by atoms with Crippen LogP contribution in [-0.2, 0) is 0 Å². The van der Waals surface area contributed by atoms with Gasteiger partial charge in [0.1, 0.15) is 13.2 Å². The third-order valence-corrected chi connectivity index (χ3v) is 3.16. The zero-order valence-electron chi connectivity index (χ0n) is 9.74. The standard InChI is InChI=1S/C12H17N3O2/c13-9-1-2-10(15-5-3-14-4-6-15)12-11(9)16-7-8-17-12/h1-2,14H,3-8,13H2. The fraction of sp³-hybridized carbons (Fsp3) is 0.500. The molecular weight excluding hydrogens is 218 g/mol. The summed E-state index contributed by atoms with van der Waals surface area (Å²) in [6, 6.07) is 3.92. The molecule has 2 aliphatic heterocycles. The summed E-state index contributed by atoms with van der Waals surface area (Å²) in [5, 5.41) is 3.34. The lowest BCUT2D eigenvalue weighted by atomic mass is 10.2. The van der Waals surface area contributed by atoms with Crippen LogP contribution in [0.15, 0.2) is 12.1 Å². The number of nitrogens with zero attached hydrogens (tertiary/aromatic N) is 1. The van der Waals surface area contributed by atoms with Crippen LogP contribution in [-0.4, -0.2) is 39.4 Å². The topological polar surface area (TPSA) is 59.8 Å². The highest BCUT2D eigenvalue weighted by molar-refractivity contribution is 5.73. The minimum Gasteiger partial charge on any atom is -0.484 e. The second kappa shape index (κ2) is 4.33. The van der Waals surface area contributed by atoms with Crippen molar-refractivity contribution >= 4 is 11.4 Å². The zero-order chi connectivity index (χ0) is 11.7. The van der Waals surface area contributed by atoms with Crippen molar-refractivity contribution in [2.24, 2.45) is 0 Å². The van der Waals surface area contributed by atoms with Gasteiger partial charge in [0.2, 0.25) is 0 Å². The average Bonchev–Trinajstić information content (AvgIpc) is 2.41. The third kappa shape index (κ3) is 1.86. The minimum absolute atomic E-state index is 0.572. The second-order valence-corrected chi connectivity index (χ2v) is 4.27. The number of nitrogens with one attached hydrogen (secondary N) is 1. The number of ether oxygens (including phenoxy) is 2. The fourth-order valence-electron chi connectivity index (χ4n) is 2.30. The van der Waals surface area contributed by atoms with Gasteiger partial charge < -0.3 is 25.4 Å². The molecule has 5 nitrogen and oxygen atoms in total. The molecule has 92 valence electrons. The van der Waals surface area contributed by atoms with Gasteiger partial charge in [0.25, 0.3) is 0 Å². The molecule has 0 atom stereocenters. The van der Waals surface area contributed by atoms with E-state index in [0.717, 1.165) is 37.6 Å². The van der Waals surface area contributed by atoms with Gasteiger partial charge in [-0.3, -0.25) is 0 Å². The molecule has 1 fully saturated rings. The van der Waals surface area contributed by atoms with Crippen LogP contribution < -0.4 is 25.4 Å². The molecule has 1 aromatic rings. The quantitative estimate of drug-likeness (QED) is 0.692. The summed E-state index contributed by atoms with van der Waals surface area (Å²) in [6.45, 7) is 5.14. The van der Waals surface area contributed by atoms with Crippen LogP contribution >= 0.6 is 0 Å². The molecule has 0 aromatic heterocycles. The molecule has 0 bridgehead atoms. The first-order valence-electron chi connectivity index (χ1n) is 6.00. The van der Waals surface area contributed by atoms with Gasteiger partial charge in [-0.2, -0.15) is 0 Å². The van der Waals surface area contributed by atoms with Crippen molar-refractivity contribution in [1.29, 1.82) is 0 Å². The lowest BCUT2D eigenvalue weighted by Crippen LogP contribution is -2.43. The van der Waals surface area contributed by atoms with Gasteiger partial charge >= 0.3 is 0 Å². The number of piperazine rings is 1. The van der Waals surface area contributed by atoms with E-state index in [4.69, 9.17) is 15.2 Å². The van der Waals surface area contributed by atoms with Crippen molar-refractivity contribution in [3.05, 3.63) is 12.1 Å². The summed E-state index contributed by atoms with van der Waals surface area (Å²) < 4.78 is 11.3. The summed E-state index contributed by atoms with van der Waals surface area (Å²) in [7, 11) is 0. The Balaban J connectivity index is 1.98. The number of hydrogen-bond donors (Lipinski definition) is 2. The smallest absolute Gasteiger partial charge is 0.186 e. The molecule has 3 rings (SSSR count). The number of rotatable bonds is 1. The predicted octanol–water partition coefficient (Wildman–Crippen LogP) is 0.450. The van der Waals surface area contributed by atoms with Gasteiger partial charge in [-0.05, 0) is 12.1 Å². The Bertz CT molecular complexity index is 416. The Kier molecular flexibility index (Phi) is 2.68. The van der Waals surface area contributed by atoms with Crippen LogP contribution in [0.3, 0.4) is 0 Å². The Hall–Kier alpha value is -1.62. The lowest BCUT2D eigenvalue weighted by molar-refractivity contribution is 0.173. The summed E-state index contributed by atoms with van der Waals surface area (Å²) in [6.07, 6.45) is 0. The summed E-state index contributed by atoms with van der Waals surface area (Å²) in [5.41, 5.74) is 7.65. The van der Waals surface area contributed by atoms with Crippen LogP contribution in [0.25, 0.3) is 0 Å². The van der Waals surface area contributed by atoms with E-state index in [2.05, 4.69) is 10.2 Å². The molecule has 2 heterocycles. The zero-order valence-corrected chi connectivity index (χ0v) is 9.74. The molecule has 0 spiro atoms. The maximum absolute atomic E-state index is 5.90. The van der Waals surface area contributed by atoms with Crippen molar-refractivity contribution in [2.75, 3.05) is 50.0 Å². The molecule has 0 aliphatic carbocycles. The molecular formula is C12H17N3O2. The highest BCUT2D eigenvalue weighted by Gasteiger charge is 2.23. The Morgan fingerprint density at radius 3 is 2.53 bits per heavy atom. The number of anilines is 2. The van der Waals surface area contributed by atoms with E-state index in [1.165, 1.54) is 0 Å². The van der Waals surface area contributed by atoms with E-state index in [0.29, 0.717) is 24.7 Å². The van der Waals surface area contributed by atoms with E-state index < -0.39 is 0 Å². The molecule has 0 unspecified atom stereocenters.